The van der Waals surface area contributed by atoms with E-state index < -0.39 is 0 Å². The van der Waals surface area contributed by atoms with Crippen LogP contribution in [0.3, 0.4) is 0 Å². The molecular formula is C14H21FN2O2. The SMILES string of the molecule is CC(C)C(NC(=O)COCCN)c1ccc(F)cc1. The summed E-state index contributed by atoms with van der Waals surface area (Å²) in [6, 6.07) is 5.99. The summed E-state index contributed by atoms with van der Waals surface area (Å²) in [5.41, 5.74) is 6.16. The summed E-state index contributed by atoms with van der Waals surface area (Å²) in [5, 5.41) is 2.88. The molecule has 1 unspecified atom stereocenters. The summed E-state index contributed by atoms with van der Waals surface area (Å²) in [6.07, 6.45) is 0. The van der Waals surface area contributed by atoms with Crippen molar-refractivity contribution in [2.24, 2.45) is 11.7 Å². The molecule has 0 radical (unpaired) electrons. The number of amides is 1. The number of carbonyl (C=O) groups is 1. The van der Waals surface area contributed by atoms with Gasteiger partial charge in [-0.3, -0.25) is 4.79 Å². The molecule has 0 aliphatic heterocycles. The second-order valence-electron chi connectivity index (χ2n) is 4.68. The topological polar surface area (TPSA) is 64.3 Å². The molecule has 1 aromatic carbocycles. The summed E-state index contributed by atoms with van der Waals surface area (Å²) in [4.78, 5) is 11.7. The van der Waals surface area contributed by atoms with Crippen molar-refractivity contribution in [1.29, 1.82) is 0 Å². The first-order valence-electron chi connectivity index (χ1n) is 6.37. The Balaban J connectivity index is 2.63. The predicted molar refractivity (Wildman–Crippen MR) is 72.0 cm³/mol. The van der Waals surface area contributed by atoms with Crippen molar-refractivity contribution in [3.05, 3.63) is 35.6 Å². The maximum Gasteiger partial charge on any atom is 0.246 e. The molecule has 0 aliphatic rings. The van der Waals surface area contributed by atoms with Crippen LogP contribution in [-0.2, 0) is 9.53 Å². The van der Waals surface area contributed by atoms with Gasteiger partial charge in [0.05, 0.1) is 12.6 Å². The van der Waals surface area contributed by atoms with Crippen molar-refractivity contribution in [1.82, 2.24) is 5.32 Å². The number of rotatable bonds is 7. The smallest absolute Gasteiger partial charge is 0.246 e. The van der Waals surface area contributed by atoms with Crippen LogP contribution in [-0.4, -0.2) is 25.7 Å². The van der Waals surface area contributed by atoms with Crippen LogP contribution in [0.1, 0.15) is 25.5 Å². The lowest BCUT2D eigenvalue weighted by molar-refractivity contribution is -0.126. The summed E-state index contributed by atoms with van der Waals surface area (Å²) < 4.78 is 18.0. The van der Waals surface area contributed by atoms with E-state index >= 15 is 0 Å². The Bertz CT molecular complexity index is 393. The van der Waals surface area contributed by atoms with E-state index in [1.165, 1.54) is 12.1 Å². The highest BCUT2D eigenvalue weighted by molar-refractivity contribution is 5.77. The van der Waals surface area contributed by atoms with Crippen molar-refractivity contribution in [2.45, 2.75) is 19.9 Å². The molecule has 0 fully saturated rings. The highest BCUT2D eigenvalue weighted by atomic mass is 19.1. The number of hydrogen-bond donors (Lipinski definition) is 2. The van der Waals surface area contributed by atoms with Gasteiger partial charge < -0.3 is 15.8 Å². The van der Waals surface area contributed by atoms with Gasteiger partial charge in [0.15, 0.2) is 0 Å². The van der Waals surface area contributed by atoms with Crippen LogP contribution in [0.25, 0.3) is 0 Å². The van der Waals surface area contributed by atoms with Gasteiger partial charge in [-0.25, -0.2) is 4.39 Å². The van der Waals surface area contributed by atoms with Crippen LogP contribution >= 0.6 is 0 Å². The molecule has 0 aliphatic carbocycles. The summed E-state index contributed by atoms with van der Waals surface area (Å²) in [5.74, 6) is -0.288. The molecule has 19 heavy (non-hydrogen) atoms. The number of ether oxygens (including phenoxy) is 1. The lowest BCUT2D eigenvalue weighted by Crippen LogP contribution is -2.34. The van der Waals surface area contributed by atoms with Gasteiger partial charge >= 0.3 is 0 Å². The monoisotopic (exact) mass is 268 g/mol. The summed E-state index contributed by atoms with van der Waals surface area (Å²) in [7, 11) is 0. The van der Waals surface area contributed by atoms with Crippen molar-refractivity contribution >= 4 is 5.91 Å². The fourth-order valence-electron chi connectivity index (χ4n) is 1.77. The number of hydrogen-bond acceptors (Lipinski definition) is 3. The van der Waals surface area contributed by atoms with E-state index in [-0.39, 0.29) is 30.3 Å². The van der Waals surface area contributed by atoms with Crippen molar-refractivity contribution in [2.75, 3.05) is 19.8 Å². The van der Waals surface area contributed by atoms with Gasteiger partial charge in [-0.2, -0.15) is 0 Å². The van der Waals surface area contributed by atoms with Crippen LogP contribution < -0.4 is 11.1 Å². The van der Waals surface area contributed by atoms with Gasteiger partial charge in [-0.05, 0) is 23.6 Å². The molecule has 5 heteroatoms. The van der Waals surface area contributed by atoms with Gasteiger partial charge in [-0.15, -0.1) is 0 Å². The summed E-state index contributed by atoms with van der Waals surface area (Å²) >= 11 is 0. The van der Waals surface area contributed by atoms with E-state index in [1.807, 2.05) is 13.8 Å². The quantitative estimate of drug-likeness (QED) is 0.738. The zero-order valence-corrected chi connectivity index (χ0v) is 11.4. The molecule has 0 aromatic heterocycles. The predicted octanol–water partition coefficient (Wildman–Crippen LogP) is 1.61. The Morgan fingerprint density at radius 2 is 2.00 bits per heavy atom. The van der Waals surface area contributed by atoms with Crippen molar-refractivity contribution in [3.63, 3.8) is 0 Å². The Morgan fingerprint density at radius 1 is 1.37 bits per heavy atom. The van der Waals surface area contributed by atoms with E-state index in [0.717, 1.165) is 5.56 Å². The van der Waals surface area contributed by atoms with Crippen molar-refractivity contribution < 1.29 is 13.9 Å². The normalized spacial score (nSPS) is 12.5. The fourth-order valence-corrected chi connectivity index (χ4v) is 1.77. The lowest BCUT2D eigenvalue weighted by atomic mass is 9.96. The first-order valence-corrected chi connectivity index (χ1v) is 6.37. The Hall–Kier alpha value is -1.46. The van der Waals surface area contributed by atoms with Crippen LogP contribution in [0.15, 0.2) is 24.3 Å². The third kappa shape index (κ3) is 5.36. The molecule has 0 spiro atoms. The lowest BCUT2D eigenvalue weighted by Gasteiger charge is -2.23. The van der Waals surface area contributed by atoms with Crippen LogP contribution in [0, 0.1) is 11.7 Å². The second-order valence-corrected chi connectivity index (χ2v) is 4.68. The molecule has 4 nitrogen and oxygen atoms in total. The maximum absolute atomic E-state index is 12.9. The zero-order valence-electron chi connectivity index (χ0n) is 11.4. The highest BCUT2D eigenvalue weighted by Crippen LogP contribution is 2.21. The molecule has 1 atom stereocenters. The van der Waals surface area contributed by atoms with E-state index in [4.69, 9.17) is 10.5 Å². The minimum atomic E-state index is -0.288. The van der Waals surface area contributed by atoms with Gasteiger partial charge in [0, 0.05) is 6.54 Å². The largest absolute Gasteiger partial charge is 0.370 e. The zero-order chi connectivity index (χ0) is 14.3. The maximum atomic E-state index is 12.9. The third-order valence-electron chi connectivity index (χ3n) is 2.71. The molecular weight excluding hydrogens is 247 g/mol. The minimum absolute atomic E-state index is 0.0123. The number of nitrogens with one attached hydrogen (secondary N) is 1. The molecule has 106 valence electrons. The molecule has 0 saturated carbocycles. The highest BCUT2D eigenvalue weighted by Gasteiger charge is 2.18. The molecule has 0 bridgehead atoms. The molecule has 0 saturated heterocycles. The second kappa shape index (κ2) is 7.86. The number of benzene rings is 1. The Labute approximate surface area is 113 Å². The third-order valence-corrected chi connectivity index (χ3v) is 2.71. The van der Waals surface area contributed by atoms with Gasteiger partial charge in [0.25, 0.3) is 0 Å². The number of halogens is 1. The van der Waals surface area contributed by atoms with Gasteiger partial charge in [0.1, 0.15) is 12.4 Å². The standard InChI is InChI=1S/C14H21FN2O2/c1-10(2)14(11-3-5-12(15)6-4-11)17-13(18)9-19-8-7-16/h3-6,10,14H,7-9,16H2,1-2H3,(H,17,18). The molecule has 1 aromatic rings. The molecule has 0 heterocycles. The first-order chi connectivity index (χ1) is 9.04. The Kier molecular flexibility index (Phi) is 6.45. The van der Waals surface area contributed by atoms with E-state index in [0.29, 0.717) is 13.2 Å². The van der Waals surface area contributed by atoms with Gasteiger partial charge in [-0.1, -0.05) is 26.0 Å². The van der Waals surface area contributed by atoms with Crippen LogP contribution in [0.4, 0.5) is 4.39 Å². The fraction of sp³-hybridized carbons (Fsp3) is 0.500. The first kappa shape index (κ1) is 15.6. The molecule has 1 amide bonds. The minimum Gasteiger partial charge on any atom is -0.370 e. The Morgan fingerprint density at radius 3 is 2.53 bits per heavy atom. The number of nitrogens with two attached hydrogens (primary N) is 1. The summed E-state index contributed by atoms with van der Waals surface area (Å²) in [6.45, 7) is 4.72. The van der Waals surface area contributed by atoms with Crippen LogP contribution in [0.5, 0.6) is 0 Å². The van der Waals surface area contributed by atoms with Crippen LogP contribution in [0.2, 0.25) is 0 Å². The molecule has 3 N–H and O–H groups in total. The van der Waals surface area contributed by atoms with Gasteiger partial charge in [0.2, 0.25) is 5.91 Å². The van der Waals surface area contributed by atoms with E-state index in [9.17, 15) is 9.18 Å². The molecule has 1 rings (SSSR count). The van der Waals surface area contributed by atoms with E-state index in [2.05, 4.69) is 5.32 Å². The average molecular weight is 268 g/mol. The van der Waals surface area contributed by atoms with E-state index in [1.54, 1.807) is 12.1 Å². The van der Waals surface area contributed by atoms with Crippen molar-refractivity contribution in [3.8, 4) is 0 Å². The average Bonchev–Trinajstić information content (AvgIpc) is 2.37. The number of carbonyl (C=O) groups excluding carboxylic acids is 1.